The molecular weight excluding hydrogens is 244 g/mol. The van der Waals surface area contributed by atoms with Crippen molar-refractivity contribution in [2.24, 2.45) is 5.92 Å². The number of hydrogen-bond donors (Lipinski definition) is 0. The molecule has 4 heteroatoms. The van der Waals surface area contributed by atoms with Gasteiger partial charge in [0.05, 0.1) is 19.8 Å². The van der Waals surface area contributed by atoms with Gasteiger partial charge in [0, 0.05) is 0 Å². The number of carbonyl (C=O) groups excluding carboxylic acids is 2. The standard InChI is InChI=1S/C15H20O4/c1-6-11(15(17)19-5)14(16)13-10(3)7-9(2)8-12(13)18-4/h7-8,11H,6H2,1-5H3. The van der Waals surface area contributed by atoms with Crippen LogP contribution in [0, 0.1) is 19.8 Å². The van der Waals surface area contributed by atoms with Gasteiger partial charge in [-0.15, -0.1) is 0 Å². The molecule has 4 nitrogen and oxygen atoms in total. The van der Waals surface area contributed by atoms with Gasteiger partial charge in [0.2, 0.25) is 0 Å². The van der Waals surface area contributed by atoms with Crippen molar-refractivity contribution in [3.05, 3.63) is 28.8 Å². The summed E-state index contributed by atoms with van der Waals surface area (Å²) in [4.78, 5) is 24.2. The minimum atomic E-state index is -0.777. The van der Waals surface area contributed by atoms with Crippen molar-refractivity contribution in [3.8, 4) is 5.75 Å². The zero-order valence-electron chi connectivity index (χ0n) is 12.1. The lowest BCUT2D eigenvalue weighted by atomic mass is 9.91. The molecule has 0 aromatic heterocycles. The summed E-state index contributed by atoms with van der Waals surface area (Å²) in [6.07, 6.45) is 0.405. The van der Waals surface area contributed by atoms with Crippen LogP contribution in [0.15, 0.2) is 12.1 Å². The zero-order valence-corrected chi connectivity index (χ0v) is 12.1. The summed E-state index contributed by atoms with van der Waals surface area (Å²) in [6.45, 7) is 5.56. The minimum Gasteiger partial charge on any atom is -0.496 e. The van der Waals surface area contributed by atoms with Crippen LogP contribution < -0.4 is 4.74 Å². The molecule has 1 rings (SSSR count). The first-order valence-corrected chi connectivity index (χ1v) is 6.23. The molecule has 0 heterocycles. The van der Waals surface area contributed by atoms with E-state index in [1.165, 1.54) is 14.2 Å². The Morgan fingerprint density at radius 2 is 1.84 bits per heavy atom. The molecule has 104 valence electrons. The molecular formula is C15H20O4. The fourth-order valence-corrected chi connectivity index (χ4v) is 2.18. The van der Waals surface area contributed by atoms with Gasteiger partial charge in [-0.25, -0.2) is 0 Å². The zero-order chi connectivity index (χ0) is 14.6. The molecule has 0 bridgehead atoms. The second-order valence-corrected chi connectivity index (χ2v) is 4.51. The summed E-state index contributed by atoms with van der Waals surface area (Å²) in [7, 11) is 2.81. The lowest BCUT2D eigenvalue weighted by molar-refractivity contribution is -0.143. The molecule has 1 aromatic carbocycles. The number of rotatable bonds is 5. The van der Waals surface area contributed by atoms with Gasteiger partial charge in [0.25, 0.3) is 0 Å². The Bertz CT molecular complexity index is 491. The minimum absolute atomic E-state index is 0.247. The Hall–Kier alpha value is -1.84. The number of ether oxygens (including phenoxy) is 2. The summed E-state index contributed by atoms with van der Waals surface area (Å²) >= 11 is 0. The van der Waals surface area contributed by atoms with E-state index in [9.17, 15) is 9.59 Å². The molecule has 0 aliphatic carbocycles. The van der Waals surface area contributed by atoms with Gasteiger partial charge in [-0.1, -0.05) is 13.0 Å². The summed E-state index contributed by atoms with van der Waals surface area (Å²) in [5.41, 5.74) is 2.28. The van der Waals surface area contributed by atoms with Crippen LogP contribution in [0.5, 0.6) is 5.75 Å². The highest BCUT2D eigenvalue weighted by Gasteiger charge is 2.30. The van der Waals surface area contributed by atoms with Crippen LogP contribution >= 0.6 is 0 Å². The molecule has 0 amide bonds. The quantitative estimate of drug-likeness (QED) is 0.466. The van der Waals surface area contributed by atoms with E-state index in [0.717, 1.165) is 11.1 Å². The number of benzene rings is 1. The number of carbonyl (C=O) groups is 2. The van der Waals surface area contributed by atoms with Crippen LogP contribution in [-0.2, 0) is 9.53 Å². The van der Waals surface area contributed by atoms with Gasteiger partial charge in [0.15, 0.2) is 5.78 Å². The highest BCUT2D eigenvalue weighted by molar-refractivity contribution is 6.10. The Morgan fingerprint density at radius 3 is 2.32 bits per heavy atom. The smallest absolute Gasteiger partial charge is 0.316 e. The van der Waals surface area contributed by atoms with Crippen LogP contribution in [0.4, 0.5) is 0 Å². The third-order valence-electron chi connectivity index (χ3n) is 3.12. The second-order valence-electron chi connectivity index (χ2n) is 4.51. The molecule has 0 N–H and O–H groups in total. The topological polar surface area (TPSA) is 52.6 Å². The third kappa shape index (κ3) is 3.13. The van der Waals surface area contributed by atoms with Gasteiger partial charge in [-0.05, 0) is 37.5 Å². The van der Waals surface area contributed by atoms with Crippen LogP contribution in [0.25, 0.3) is 0 Å². The summed E-state index contributed by atoms with van der Waals surface area (Å²) in [5.74, 6) is -1.02. The third-order valence-corrected chi connectivity index (χ3v) is 3.12. The number of hydrogen-bond acceptors (Lipinski definition) is 4. The molecule has 0 saturated carbocycles. The first-order valence-electron chi connectivity index (χ1n) is 6.23. The van der Waals surface area contributed by atoms with Gasteiger partial charge in [-0.2, -0.15) is 0 Å². The van der Waals surface area contributed by atoms with Crippen molar-refractivity contribution in [2.75, 3.05) is 14.2 Å². The predicted molar refractivity (Wildman–Crippen MR) is 72.6 cm³/mol. The van der Waals surface area contributed by atoms with Gasteiger partial charge in [-0.3, -0.25) is 9.59 Å². The second kappa shape index (κ2) is 6.36. The Kier molecular flexibility index (Phi) is 5.10. The molecule has 19 heavy (non-hydrogen) atoms. The van der Waals surface area contributed by atoms with E-state index in [1.54, 1.807) is 13.0 Å². The Labute approximate surface area is 113 Å². The first kappa shape index (κ1) is 15.2. The normalized spacial score (nSPS) is 11.8. The van der Waals surface area contributed by atoms with Crippen LogP contribution in [0.2, 0.25) is 0 Å². The van der Waals surface area contributed by atoms with Crippen molar-refractivity contribution in [1.29, 1.82) is 0 Å². The molecule has 1 unspecified atom stereocenters. The summed E-state index contributed by atoms with van der Waals surface area (Å²) < 4.78 is 9.95. The number of Topliss-reactive ketones (excluding diaryl/α,β-unsaturated/α-hetero) is 1. The lowest BCUT2D eigenvalue weighted by Gasteiger charge is -2.16. The average Bonchev–Trinajstić information content (AvgIpc) is 2.37. The maximum absolute atomic E-state index is 12.5. The number of methoxy groups -OCH3 is 2. The van der Waals surface area contributed by atoms with Crippen molar-refractivity contribution in [3.63, 3.8) is 0 Å². The summed E-state index contributed by atoms with van der Waals surface area (Å²) in [6, 6.07) is 3.70. The summed E-state index contributed by atoms with van der Waals surface area (Å²) in [5, 5.41) is 0. The number of aryl methyl sites for hydroxylation is 2. The number of ketones is 1. The van der Waals surface area contributed by atoms with E-state index >= 15 is 0 Å². The van der Waals surface area contributed by atoms with Crippen molar-refractivity contribution >= 4 is 11.8 Å². The van der Waals surface area contributed by atoms with Crippen molar-refractivity contribution in [2.45, 2.75) is 27.2 Å². The van der Waals surface area contributed by atoms with E-state index in [2.05, 4.69) is 4.74 Å². The monoisotopic (exact) mass is 264 g/mol. The highest BCUT2D eigenvalue weighted by Crippen LogP contribution is 2.28. The van der Waals surface area contributed by atoms with Gasteiger partial charge in [0.1, 0.15) is 11.7 Å². The van der Waals surface area contributed by atoms with Crippen molar-refractivity contribution in [1.82, 2.24) is 0 Å². The number of esters is 1. The van der Waals surface area contributed by atoms with E-state index in [-0.39, 0.29) is 5.78 Å². The fourth-order valence-electron chi connectivity index (χ4n) is 2.18. The lowest BCUT2D eigenvalue weighted by Crippen LogP contribution is -2.25. The molecule has 1 aromatic rings. The maximum Gasteiger partial charge on any atom is 0.316 e. The first-order chi connectivity index (χ1) is 8.96. The predicted octanol–water partition coefficient (Wildman–Crippen LogP) is 2.69. The van der Waals surface area contributed by atoms with Gasteiger partial charge < -0.3 is 9.47 Å². The largest absolute Gasteiger partial charge is 0.496 e. The molecule has 0 aliphatic heterocycles. The van der Waals surface area contributed by atoms with Crippen molar-refractivity contribution < 1.29 is 19.1 Å². The molecule has 0 spiro atoms. The fraction of sp³-hybridized carbons (Fsp3) is 0.467. The Morgan fingerprint density at radius 1 is 1.21 bits per heavy atom. The van der Waals surface area contributed by atoms with Crippen LogP contribution in [-0.4, -0.2) is 26.0 Å². The molecule has 0 fully saturated rings. The van der Waals surface area contributed by atoms with Crippen LogP contribution in [0.3, 0.4) is 0 Å². The van der Waals surface area contributed by atoms with Gasteiger partial charge >= 0.3 is 5.97 Å². The highest BCUT2D eigenvalue weighted by atomic mass is 16.5. The van der Waals surface area contributed by atoms with E-state index < -0.39 is 11.9 Å². The van der Waals surface area contributed by atoms with E-state index in [4.69, 9.17) is 4.74 Å². The molecule has 0 radical (unpaired) electrons. The van der Waals surface area contributed by atoms with Crippen LogP contribution in [0.1, 0.15) is 34.8 Å². The van der Waals surface area contributed by atoms with E-state index in [1.807, 2.05) is 19.9 Å². The molecule has 1 atom stereocenters. The average molecular weight is 264 g/mol. The van der Waals surface area contributed by atoms with E-state index in [0.29, 0.717) is 17.7 Å². The SMILES string of the molecule is CCC(C(=O)OC)C(=O)c1c(C)cc(C)cc1OC. The maximum atomic E-state index is 12.5. The Balaban J connectivity index is 3.28. The molecule has 0 aliphatic rings. The molecule has 0 saturated heterocycles.